The molecule has 1 aliphatic carbocycles. The van der Waals surface area contributed by atoms with Crippen LogP contribution in [0.5, 0.6) is 0 Å². The Morgan fingerprint density at radius 3 is 2.95 bits per heavy atom. The Bertz CT molecular complexity index is 543. The van der Waals surface area contributed by atoms with Crippen LogP contribution in [0.3, 0.4) is 0 Å². The number of morpholine rings is 1. The molecule has 0 atom stereocenters. The third-order valence-electron chi connectivity index (χ3n) is 3.95. The highest BCUT2D eigenvalue weighted by molar-refractivity contribution is 5.77. The molecule has 2 fully saturated rings. The van der Waals surface area contributed by atoms with Crippen LogP contribution in [0.1, 0.15) is 19.3 Å². The summed E-state index contributed by atoms with van der Waals surface area (Å²) in [5, 5.41) is 3.96. The number of carbonyl (C=O) groups excluding carboxylic acids is 1. The summed E-state index contributed by atoms with van der Waals surface area (Å²) in [7, 11) is 1.65. The van der Waals surface area contributed by atoms with Crippen LogP contribution < -0.4 is 5.69 Å². The molecule has 3 rings (SSSR count). The summed E-state index contributed by atoms with van der Waals surface area (Å²) in [6.07, 6.45) is 3.84. The van der Waals surface area contributed by atoms with Gasteiger partial charge < -0.3 is 9.64 Å². The molecule has 1 saturated heterocycles. The van der Waals surface area contributed by atoms with Crippen molar-refractivity contribution in [2.75, 3.05) is 19.8 Å². The Labute approximate surface area is 110 Å². The first kappa shape index (κ1) is 12.4. The second-order valence-corrected chi connectivity index (χ2v) is 5.32. The molecule has 7 nitrogen and oxygen atoms in total. The molecule has 1 aromatic heterocycles. The highest BCUT2D eigenvalue weighted by Gasteiger charge is 2.51. The fourth-order valence-electron chi connectivity index (χ4n) is 2.59. The van der Waals surface area contributed by atoms with Gasteiger partial charge in [-0.2, -0.15) is 5.10 Å². The van der Waals surface area contributed by atoms with Crippen molar-refractivity contribution in [1.29, 1.82) is 0 Å². The highest BCUT2D eigenvalue weighted by atomic mass is 16.5. The first-order chi connectivity index (χ1) is 9.12. The first-order valence-corrected chi connectivity index (χ1v) is 6.59. The Morgan fingerprint density at radius 2 is 2.32 bits per heavy atom. The fraction of sp³-hybridized carbons (Fsp3) is 0.750. The van der Waals surface area contributed by atoms with E-state index >= 15 is 0 Å². The van der Waals surface area contributed by atoms with Gasteiger partial charge in [0.1, 0.15) is 6.33 Å². The van der Waals surface area contributed by atoms with E-state index in [9.17, 15) is 9.59 Å². The number of nitrogens with zero attached hydrogens (tertiary/aromatic N) is 4. The molecule has 0 unspecified atom stereocenters. The normalized spacial score (nSPS) is 20.8. The van der Waals surface area contributed by atoms with Gasteiger partial charge in [-0.05, 0) is 12.8 Å². The highest BCUT2D eigenvalue weighted by Crippen LogP contribution is 2.43. The summed E-state index contributed by atoms with van der Waals surface area (Å²) in [5.41, 5.74) is -0.222. The molecule has 0 N–H and O–H groups in total. The van der Waals surface area contributed by atoms with Gasteiger partial charge >= 0.3 is 5.69 Å². The molecule has 104 valence electrons. The number of hydrogen-bond donors (Lipinski definition) is 0. The molecule has 1 amide bonds. The van der Waals surface area contributed by atoms with Gasteiger partial charge in [-0.3, -0.25) is 9.36 Å². The fourth-order valence-corrected chi connectivity index (χ4v) is 2.59. The summed E-state index contributed by atoms with van der Waals surface area (Å²) in [6, 6.07) is 0. The number of amides is 1. The van der Waals surface area contributed by atoms with Gasteiger partial charge in [-0.25, -0.2) is 9.48 Å². The van der Waals surface area contributed by atoms with Crippen LogP contribution in [-0.2, 0) is 23.1 Å². The molecule has 2 aliphatic rings. The van der Waals surface area contributed by atoms with Gasteiger partial charge in [0.25, 0.3) is 0 Å². The van der Waals surface area contributed by atoms with E-state index in [1.807, 2.05) is 4.90 Å². The number of aromatic nitrogens is 3. The maximum absolute atomic E-state index is 12.3. The van der Waals surface area contributed by atoms with Gasteiger partial charge in [0.15, 0.2) is 0 Å². The van der Waals surface area contributed by atoms with Crippen LogP contribution in [0.4, 0.5) is 0 Å². The van der Waals surface area contributed by atoms with E-state index in [4.69, 9.17) is 4.74 Å². The zero-order valence-corrected chi connectivity index (χ0v) is 11.0. The quantitative estimate of drug-likeness (QED) is 0.730. The van der Waals surface area contributed by atoms with Crippen molar-refractivity contribution >= 4 is 5.91 Å². The minimum Gasteiger partial charge on any atom is -0.377 e. The molecule has 0 bridgehead atoms. The molecule has 1 saturated carbocycles. The predicted octanol–water partition coefficient (Wildman–Crippen LogP) is -0.637. The Balaban J connectivity index is 1.62. The molecule has 0 aromatic carbocycles. The maximum atomic E-state index is 12.3. The lowest BCUT2D eigenvalue weighted by molar-refractivity contribution is -0.141. The van der Waals surface area contributed by atoms with Crippen molar-refractivity contribution in [2.45, 2.75) is 31.3 Å². The van der Waals surface area contributed by atoms with Crippen molar-refractivity contribution in [3.63, 3.8) is 0 Å². The van der Waals surface area contributed by atoms with Crippen LogP contribution in [0.15, 0.2) is 11.1 Å². The maximum Gasteiger partial charge on any atom is 0.345 e. The summed E-state index contributed by atoms with van der Waals surface area (Å²) >= 11 is 0. The van der Waals surface area contributed by atoms with Gasteiger partial charge in [0.2, 0.25) is 5.91 Å². The first-order valence-electron chi connectivity index (χ1n) is 6.59. The zero-order valence-electron chi connectivity index (χ0n) is 11.0. The summed E-state index contributed by atoms with van der Waals surface area (Å²) in [5.74, 6) is 0.0957. The monoisotopic (exact) mass is 266 g/mol. The number of carbonyl (C=O) groups is 1. The van der Waals surface area contributed by atoms with Crippen LogP contribution >= 0.6 is 0 Å². The summed E-state index contributed by atoms with van der Waals surface area (Å²) in [4.78, 5) is 25.8. The lowest BCUT2D eigenvalue weighted by Gasteiger charge is -2.36. The second kappa shape index (κ2) is 4.48. The minimum atomic E-state index is -0.184. The van der Waals surface area contributed by atoms with Crippen LogP contribution in [0, 0.1) is 0 Å². The van der Waals surface area contributed by atoms with Gasteiger partial charge in [-0.1, -0.05) is 0 Å². The van der Waals surface area contributed by atoms with Gasteiger partial charge in [0, 0.05) is 20.0 Å². The Hall–Kier alpha value is -1.63. The van der Waals surface area contributed by atoms with Crippen molar-refractivity contribution < 1.29 is 9.53 Å². The molecular formula is C12H18N4O3. The second-order valence-electron chi connectivity index (χ2n) is 5.32. The van der Waals surface area contributed by atoms with Crippen molar-refractivity contribution in [3.8, 4) is 0 Å². The molecular weight excluding hydrogens is 248 g/mol. The number of rotatable bonds is 3. The van der Waals surface area contributed by atoms with Gasteiger partial charge in [-0.15, -0.1) is 0 Å². The predicted molar refractivity (Wildman–Crippen MR) is 66.6 cm³/mol. The molecule has 19 heavy (non-hydrogen) atoms. The summed E-state index contributed by atoms with van der Waals surface area (Å²) in [6.45, 7) is 2.27. The van der Waals surface area contributed by atoms with Crippen molar-refractivity contribution in [3.05, 3.63) is 16.8 Å². The lowest BCUT2D eigenvalue weighted by Crippen LogP contribution is -2.50. The Kier molecular flexibility index (Phi) is 2.93. The number of ether oxygens (including phenoxy) is 1. The number of hydrogen-bond acceptors (Lipinski definition) is 4. The smallest absolute Gasteiger partial charge is 0.345 e. The third kappa shape index (κ3) is 2.18. The van der Waals surface area contributed by atoms with Gasteiger partial charge in [0.05, 0.1) is 25.3 Å². The molecule has 0 radical (unpaired) electrons. The van der Waals surface area contributed by atoms with E-state index in [1.165, 1.54) is 15.6 Å². The van der Waals surface area contributed by atoms with Crippen molar-refractivity contribution in [2.24, 2.45) is 7.05 Å². The molecule has 1 spiro atoms. The van der Waals surface area contributed by atoms with E-state index in [1.54, 1.807) is 7.05 Å². The van der Waals surface area contributed by atoms with Crippen LogP contribution in [0.25, 0.3) is 0 Å². The molecule has 2 heterocycles. The largest absolute Gasteiger partial charge is 0.377 e. The SMILES string of the molecule is Cn1cnn(CCC(=O)N2CCOCC23CC3)c1=O. The lowest BCUT2D eigenvalue weighted by atomic mass is 10.2. The number of aryl methyl sites for hydroxylation is 2. The van der Waals surface area contributed by atoms with E-state index in [-0.39, 0.29) is 17.1 Å². The zero-order chi connectivity index (χ0) is 13.5. The standard InChI is InChI=1S/C12H18N4O3/c1-14-9-13-16(11(14)18)5-2-10(17)15-6-7-19-8-12(15)3-4-12/h9H,2-8H2,1H3. The van der Waals surface area contributed by atoms with E-state index in [0.29, 0.717) is 32.7 Å². The average Bonchev–Trinajstić information content (AvgIpc) is 3.10. The molecule has 1 aliphatic heterocycles. The topological polar surface area (TPSA) is 69.4 Å². The summed E-state index contributed by atoms with van der Waals surface area (Å²) < 4.78 is 8.18. The van der Waals surface area contributed by atoms with E-state index in [0.717, 1.165) is 12.8 Å². The third-order valence-corrected chi connectivity index (χ3v) is 3.95. The average molecular weight is 266 g/mol. The molecule has 7 heteroatoms. The van der Waals surface area contributed by atoms with Crippen molar-refractivity contribution in [1.82, 2.24) is 19.2 Å². The molecule has 1 aromatic rings. The van der Waals surface area contributed by atoms with Crippen LogP contribution in [0.2, 0.25) is 0 Å². The minimum absolute atomic E-state index is 0.0373. The van der Waals surface area contributed by atoms with E-state index in [2.05, 4.69) is 5.10 Å². The van der Waals surface area contributed by atoms with Crippen LogP contribution in [-0.4, -0.2) is 50.5 Å². The van der Waals surface area contributed by atoms with E-state index < -0.39 is 0 Å². The Morgan fingerprint density at radius 1 is 1.53 bits per heavy atom.